The number of carbonyl (C=O) groups excluding carboxylic acids is 1. The maximum atomic E-state index is 13.6. The molecule has 2 rings (SSSR count). The van der Waals surface area contributed by atoms with E-state index in [-0.39, 0.29) is 19.0 Å². The maximum Gasteiger partial charge on any atom is 0.306 e. The first-order valence-corrected chi connectivity index (χ1v) is 15.2. The molecule has 0 fully saturated rings. The van der Waals surface area contributed by atoms with Crippen LogP contribution in [-0.4, -0.2) is 68.1 Å². The van der Waals surface area contributed by atoms with Crippen molar-refractivity contribution in [1.29, 1.82) is 0 Å². The van der Waals surface area contributed by atoms with Crippen LogP contribution in [0.4, 0.5) is 0 Å². The van der Waals surface area contributed by atoms with Crippen molar-refractivity contribution in [3.8, 4) is 23.0 Å². The molecule has 0 bridgehead atoms. The molecule has 15 heteroatoms. The fraction of sp³-hybridized carbons (Fsp3) is 0.350. The van der Waals surface area contributed by atoms with E-state index in [1.165, 1.54) is 24.3 Å². The van der Waals surface area contributed by atoms with Crippen molar-refractivity contribution in [1.82, 2.24) is 0 Å². The minimum absolute atomic E-state index is 0.0661. The summed E-state index contributed by atoms with van der Waals surface area (Å²) in [5.41, 5.74) is -0.0682. The highest BCUT2D eigenvalue weighted by Crippen LogP contribution is 2.39. The van der Waals surface area contributed by atoms with Gasteiger partial charge in [-0.15, -0.1) is 0 Å². The van der Waals surface area contributed by atoms with Crippen LogP contribution >= 0.6 is 0 Å². The number of ether oxygens (including phenoxy) is 1. The molecule has 0 aliphatic carbocycles. The average molecular weight is 553 g/mol. The second kappa shape index (κ2) is 10.8. The second-order valence-electron chi connectivity index (χ2n) is 7.33. The molecular weight excluding hydrogens is 528 g/mol. The lowest BCUT2D eigenvalue weighted by molar-refractivity contribution is 0.0836. The first-order chi connectivity index (χ1) is 16.0. The van der Waals surface area contributed by atoms with E-state index in [1.807, 2.05) is 0 Å². The lowest BCUT2D eigenvalue weighted by Crippen LogP contribution is -2.21. The smallest absolute Gasteiger partial charge is 0.306 e. The van der Waals surface area contributed by atoms with Gasteiger partial charge in [0, 0.05) is 18.7 Å². The van der Waals surface area contributed by atoms with Gasteiger partial charge in [-0.1, -0.05) is 12.1 Å². The highest BCUT2D eigenvalue weighted by Gasteiger charge is 2.30. The molecule has 1 N–H and O–H groups in total. The Kier molecular flexibility index (Phi) is 8.75. The van der Waals surface area contributed by atoms with Crippen molar-refractivity contribution < 1.29 is 52.4 Å². The Morgan fingerprint density at radius 2 is 1.26 bits per heavy atom. The van der Waals surface area contributed by atoms with Gasteiger partial charge in [-0.05, 0) is 24.6 Å². The van der Waals surface area contributed by atoms with Crippen molar-refractivity contribution in [2.24, 2.45) is 0 Å². The molecule has 0 saturated carbocycles. The van der Waals surface area contributed by atoms with E-state index >= 15 is 0 Å². The van der Waals surface area contributed by atoms with Gasteiger partial charge in [-0.2, -0.15) is 25.3 Å². The molecule has 1 atom stereocenters. The molecule has 1 unspecified atom stereocenters. The number of aromatic hydroxyl groups is 1. The van der Waals surface area contributed by atoms with Gasteiger partial charge in [0.05, 0.1) is 36.9 Å². The third kappa shape index (κ3) is 9.01. The summed E-state index contributed by atoms with van der Waals surface area (Å²) in [6.07, 6.45) is 2.03. The van der Waals surface area contributed by atoms with Gasteiger partial charge in [-0.3, -0.25) is 4.79 Å². The minimum atomic E-state index is -4.24. The summed E-state index contributed by atoms with van der Waals surface area (Å²) < 4.78 is 90.4. The predicted molar refractivity (Wildman–Crippen MR) is 125 cm³/mol. The third-order valence-corrected chi connectivity index (χ3v) is 5.58. The summed E-state index contributed by atoms with van der Waals surface area (Å²) in [5.74, 6) is -3.93. The van der Waals surface area contributed by atoms with Crippen molar-refractivity contribution >= 4 is 36.1 Å². The van der Waals surface area contributed by atoms with E-state index in [0.29, 0.717) is 24.3 Å². The minimum Gasteiger partial charge on any atom is -0.508 e. The molecule has 2 aromatic carbocycles. The highest BCUT2D eigenvalue weighted by atomic mass is 32.2. The number of benzene rings is 2. The zero-order valence-corrected chi connectivity index (χ0v) is 21.6. The van der Waals surface area contributed by atoms with Crippen LogP contribution in [0.25, 0.3) is 0 Å². The average Bonchev–Trinajstić information content (AvgIpc) is 2.68. The summed E-state index contributed by atoms with van der Waals surface area (Å²) in [7, 11) is -12.7. The van der Waals surface area contributed by atoms with Gasteiger partial charge in [0.1, 0.15) is 5.75 Å². The van der Waals surface area contributed by atoms with E-state index in [4.69, 9.17) is 17.3 Å². The molecule has 0 spiro atoms. The number of hydrogen-bond donors (Lipinski definition) is 1. The van der Waals surface area contributed by atoms with E-state index < -0.39 is 64.9 Å². The van der Waals surface area contributed by atoms with Crippen LogP contribution in [0.1, 0.15) is 28.8 Å². The number of rotatable bonds is 12. The Bertz CT molecular complexity index is 1390. The summed E-state index contributed by atoms with van der Waals surface area (Å²) in [6.45, 7) is 1.76. The predicted octanol–water partition coefficient (Wildman–Crippen LogP) is 1.41. The van der Waals surface area contributed by atoms with Crippen LogP contribution in [0.2, 0.25) is 0 Å². The van der Waals surface area contributed by atoms with Crippen LogP contribution in [0.15, 0.2) is 36.4 Å². The summed E-state index contributed by atoms with van der Waals surface area (Å²) >= 11 is 0. The van der Waals surface area contributed by atoms with E-state index in [9.17, 15) is 35.2 Å². The van der Waals surface area contributed by atoms with E-state index in [2.05, 4.69) is 0 Å². The standard InChI is InChI=1S/C20H24O12S3/c1-5-29-12-16(13-6-8-14(21)9-7-13)20(22)15-10-18(31-34(3,25)26)19(32-35(4,27)28)11-17(15)30-33(2,23)24/h6-11,16,21H,5,12H2,1-4H3. The summed E-state index contributed by atoms with van der Waals surface area (Å²) in [5, 5.41) is 9.57. The van der Waals surface area contributed by atoms with Gasteiger partial charge >= 0.3 is 30.4 Å². The normalized spacial score (nSPS) is 13.1. The Morgan fingerprint density at radius 1 is 0.800 bits per heavy atom. The zero-order valence-electron chi connectivity index (χ0n) is 19.1. The molecular formula is C20H24O12S3. The lowest BCUT2D eigenvalue weighted by atomic mass is 9.90. The fourth-order valence-corrected chi connectivity index (χ4v) is 4.25. The van der Waals surface area contributed by atoms with Crippen molar-refractivity contribution in [2.45, 2.75) is 12.8 Å². The number of ketones is 1. The van der Waals surface area contributed by atoms with Crippen LogP contribution in [-0.2, 0) is 35.1 Å². The third-order valence-electron chi connectivity index (χ3n) is 4.14. The van der Waals surface area contributed by atoms with Crippen molar-refractivity contribution in [3.63, 3.8) is 0 Å². The molecule has 194 valence electrons. The summed E-state index contributed by atoms with van der Waals surface area (Å²) in [4.78, 5) is 13.6. The van der Waals surface area contributed by atoms with E-state index in [1.54, 1.807) is 6.92 Å². The SMILES string of the molecule is CCOCC(C(=O)c1cc(OS(C)(=O)=O)c(OS(C)(=O)=O)cc1OS(C)(=O)=O)c1ccc(O)cc1. The first-order valence-electron chi connectivity index (χ1n) is 9.76. The fourth-order valence-electron chi connectivity index (χ4n) is 2.88. The van der Waals surface area contributed by atoms with Crippen LogP contribution in [0.5, 0.6) is 23.0 Å². The van der Waals surface area contributed by atoms with Gasteiger partial charge < -0.3 is 22.4 Å². The quantitative estimate of drug-likeness (QED) is 0.296. The Morgan fingerprint density at radius 3 is 1.71 bits per heavy atom. The molecule has 12 nitrogen and oxygen atoms in total. The number of phenols is 1. The monoisotopic (exact) mass is 552 g/mol. The number of phenolic OH excluding ortho intramolecular Hbond substituents is 1. The van der Waals surface area contributed by atoms with Crippen molar-refractivity contribution in [2.75, 3.05) is 32.0 Å². The molecule has 0 aliphatic rings. The highest BCUT2D eigenvalue weighted by molar-refractivity contribution is 7.86. The molecule has 0 heterocycles. The molecule has 0 amide bonds. The summed E-state index contributed by atoms with van der Waals surface area (Å²) in [6, 6.07) is 7.09. The Balaban J connectivity index is 2.78. The first kappa shape index (κ1) is 28.4. The van der Waals surface area contributed by atoms with Crippen LogP contribution in [0, 0.1) is 0 Å². The number of Topliss-reactive ketones (excluding diaryl/α,β-unsaturated/α-hetero) is 1. The van der Waals surface area contributed by atoms with Crippen LogP contribution in [0.3, 0.4) is 0 Å². The lowest BCUT2D eigenvalue weighted by Gasteiger charge is -2.20. The van der Waals surface area contributed by atoms with Gasteiger partial charge in [-0.25, -0.2) is 0 Å². The van der Waals surface area contributed by atoms with Gasteiger partial charge in [0.2, 0.25) is 0 Å². The number of hydrogen-bond acceptors (Lipinski definition) is 12. The molecule has 0 saturated heterocycles. The van der Waals surface area contributed by atoms with Crippen molar-refractivity contribution in [3.05, 3.63) is 47.5 Å². The topological polar surface area (TPSA) is 177 Å². The van der Waals surface area contributed by atoms with Gasteiger partial charge in [0.25, 0.3) is 0 Å². The molecule has 0 aromatic heterocycles. The van der Waals surface area contributed by atoms with Crippen LogP contribution < -0.4 is 12.5 Å². The molecule has 35 heavy (non-hydrogen) atoms. The van der Waals surface area contributed by atoms with E-state index in [0.717, 1.165) is 12.1 Å². The molecule has 0 radical (unpaired) electrons. The molecule has 0 aliphatic heterocycles. The Labute approximate surface area is 203 Å². The Hall–Kier alpha value is -2.88. The van der Waals surface area contributed by atoms with Gasteiger partial charge in [0.15, 0.2) is 23.0 Å². The maximum absolute atomic E-state index is 13.6. The second-order valence-corrected chi connectivity index (χ2v) is 12.1. The largest absolute Gasteiger partial charge is 0.508 e. The molecule has 2 aromatic rings. The zero-order chi connectivity index (χ0) is 26.6. The number of carbonyl (C=O) groups is 1.